The van der Waals surface area contributed by atoms with E-state index < -0.39 is 0 Å². The topological polar surface area (TPSA) is 54.7 Å². The van der Waals surface area contributed by atoms with E-state index in [9.17, 15) is 4.79 Å². The van der Waals surface area contributed by atoms with Crippen LogP contribution in [-0.4, -0.2) is 32.8 Å². The minimum Gasteiger partial charge on any atom is -0.493 e. The fourth-order valence-electron chi connectivity index (χ4n) is 2.81. The first-order chi connectivity index (χ1) is 10.2. The van der Waals surface area contributed by atoms with E-state index in [1.807, 2.05) is 26.0 Å². The Morgan fingerprint density at radius 2 is 2.10 bits per heavy atom. The Bertz CT molecular complexity index is 702. The van der Waals surface area contributed by atoms with Gasteiger partial charge in [-0.2, -0.15) is 0 Å². The lowest BCUT2D eigenvalue weighted by molar-refractivity contribution is 0.337. The molecule has 0 aliphatic carbocycles. The predicted molar refractivity (Wildman–Crippen MR) is 83.5 cm³/mol. The van der Waals surface area contributed by atoms with Crippen molar-refractivity contribution in [2.24, 2.45) is 0 Å². The molecule has 1 aromatic heterocycles. The Kier molecular flexibility index (Phi) is 3.84. The molecule has 1 fully saturated rings. The van der Waals surface area contributed by atoms with Crippen molar-refractivity contribution in [1.29, 1.82) is 0 Å². The summed E-state index contributed by atoms with van der Waals surface area (Å²) >= 11 is 0. The van der Waals surface area contributed by atoms with Crippen LogP contribution in [0.25, 0.3) is 11.0 Å². The van der Waals surface area contributed by atoms with Crippen LogP contribution in [0.15, 0.2) is 27.4 Å². The maximum absolute atomic E-state index is 11.9. The average molecular weight is 288 g/mol. The summed E-state index contributed by atoms with van der Waals surface area (Å²) in [5, 5.41) is 4.29. The Labute approximate surface area is 123 Å². The van der Waals surface area contributed by atoms with Gasteiger partial charge in [0.25, 0.3) is 0 Å². The second-order valence-electron chi connectivity index (χ2n) is 5.19. The van der Waals surface area contributed by atoms with E-state index in [1.165, 1.54) is 0 Å². The number of fused-ring (bicyclic) bond motifs is 1. The number of nitrogens with one attached hydrogen (secondary N) is 1. The zero-order chi connectivity index (χ0) is 14.8. The smallest absolute Gasteiger partial charge is 0.338 e. The quantitative estimate of drug-likeness (QED) is 0.874. The van der Waals surface area contributed by atoms with Gasteiger partial charge in [-0.1, -0.05) is 0 Å². The minimum atomic E-state index is -0.312. The maximum Gasteiger partial charge on any atom is 0.338 e. The van der Waals surface area contributed by atoms with Gasteiger partial charge in [0.1, 0.15) is 11.3 Å². The number of ether oxygens (including phenoxy) is 1. The molecule has 1 aliphatic heterocycles. The first-order valence-electron chi connectivity index (χ1n) is 7.36. The van der Waals surface area contributed by atoms with Crippen molar-refractivity contribution in [3.8, 4) is 5.75 Å². The molecule has 0 amide bonds. The van der Waals surface area contributed by atoms with E-state index in [0.717, 1.165) is 48.6 Å². The third kappa shape index (κ3) is 2.61. The maximum atomic E-state index is 11.9. The summed E-state index contributed by atoms with van der Waals surface area (Å²) in [6.07, 6.45) is 0. The molecule has 1 aromatic carbocycles. The van der Waals surface area contributed by atoms with Crippen molar-refractivity contribution < 1.29 is 9.15 Å². The summed E-state index contributed by atoms with van der Waals surface area (Å²) in [5.74, 6) is 0.769. The van der Waals surface area contributed by atoms with Crippen LogP contribution >= 0.6 is 0 Å². The Morgan fingerprint density at radius 3 is 2.81 bits per heavy atom. The van der Waals surface area contributed by atoms with Gasteiger partial charge in [0.15, 0.2) is 0 Å². The third-order valence-corrected chi connectivity index (χ3v) is 3.85. The highest BCUT2D eigenvalue weighted by molar-refractivity contribution is 5.93. The normalized spacial score (nSPS) is 15.4. The molecule has 5 nitrogen and oxygen atoms in total. The molecule has 2 heterocycles. The molecule has 112 valence electrons. The van der Waals surface area contributed by atoms with Gasteiger partial charge in [-0.3, -0.25) is 0 Å². The van der Waals surface area contributed by atoms with Crippen LogP contribution in [0.3, 0.4) is 0 Å². The molecule has 0 unspecified atom stereocenters. The molecule has 0 radical (unpaired) electrons. The first-order valence-corrected chi connectivity index (χ1v) is 7.36. The van der Waals surface area contributed by atoms with Gasteiger partial charge in [0.05, 0.1) is 12.3 Å². The molecule has 2 aromatic rings. The van der Waals surface area contributed by atoms with E-state index in [2.05, 4.69) is 10.2 Å². The third-order valence-electron chi connectivity index (χ3n) is 3.85. The summed E-state index contributed by atoms with van der Waals surface area (Å²) < 4.78 is 11.0. The summed E-state index contributed by atoms with van der Waals surface area (Å²) in [7, 11) is 0. The molecular formula is C16H20N2O3. The zero-order valence-corrected chi connectivity index (χ0v) is 12.4. The van der Waals surface area contributed by atoms with Crippen molar-refractivity contribution in [2.75, 3.05) is 37.7 Å². The van der Waals surface area contributed by atoms with Crippen molar-refractivity contribution in [2.45, 2.75) is 13.8 Å². The Morgan fingerprint density at radius 1 is 1.33 bits per heavy atom. The number of anilines is 1. The highest BCUT2D eigenvalue weighted by Crippen LogP contribution is 2.32. The standard InChI is InChI=1S/C16H20N2O3/c1-3-20-14-5-4-12-13(18-8-6-17-7-9-18)10-15(19)21-16(12)11(14)2/h4-5,10,17H,3,6-9H2,1-2H3. The highest BCUT2D eigenvalue weighted by atomic mass is 16.5. The molecule has 21 heavy (non-hydrogen) atoms. The fraction of sp³-hybridized carbons (Fsp3) is 0.438. The van der Waals surface area contributed by atoms with E-state index in [0.29, 0.717) is 12.2 Å². The van der Waals surface area contributed by atoms with Gasteiger partial charge < -0.3 is 19.4 Å². The van der Waals surface area contributed by atoms with Gasteiger partial charge in [-0.25, -0.2) is 4.79 Å². The van der Waals surface area contributed by atoms with Crippen LogP contribution in [0.2, 0.25) is 0 Å². The molecule has 5 heteroatoms. The van der Waals surface area contributed by atoms with Crippen molar-refractivity contribution in [3.63, 3.8) is 0 Å². The number of nitrogens with zero attached hydrogens (tertiary/aromatic N) is 1. The van der Waals surface area contributed by atoms with Crippen molar-refractivity contribution >= 4 is 16.7 Å². The SMILES string of the molecule is CCOc1ccc2c(N3CCNCC3)cc(=O)oc2c1C. The highest BCUT2D eigenvalue weighted by Gasteiger charge is 2.17. The van der Waals surface area contributed by atoms with Gasteiger partial charge in [0.2, 0.25) is 0 Å². The average Bonchev–Trinajstić information content (AvgIpc) is 2.51. The number of aryl methyl sites for hydroxylation is 1. The van der Waals surface area contributed by atoms with Gasteiger partial charge >= 0.3 is 5.63 Å². The summed E-state index contributed by atoms with van der Waals surface area (Å²) in [4.78, 5) is 14.2. The summed E-state index contributed by atoms with van der Waals surface area (Å²) in [5.41, 5.74) is 2.15. The molecule has 0 bridgehead atoms. The molecule has 1 saturated heterocycles. The monoisotopic (exact) mass is 288 g/mol. The van der Waals surface area contributed by atoms with Crippen LogP contribution < -0.4 is 20.6 Å². The lowest BCUT2D eigenvalue weighted by atomic mass is 10.1. The Balaban J connectivity index is 2.16. The molecule has 0 spiro atoms. The minimum absolute atomic E-state index is 0.312. The fourth-order valence-corrected chi connectivity index (χ4v) is 2.81. The molecule has 0 saturated carbocycles. The largest absolute Gasteiger partial charge is 0.493 e. The lowest BCUT2D eigenvalue weighted by Gasteiger charge is -2.30. The van der Waals surface area contributed by atoms with E-state index in [4.69, 9.17) is 9.15 Å². The Hall–Kier alpha value is -2.01. The summed E-state index contributed by atoms with van der Waals surface area (Å²) in [6.45, 7) is 8.11. The van der Waals surface area contributed by atoms with Gasteiger partial charge in [-0.15, -0.1) is 0 Å². The van der Waals surface area contributed by atoms with Gasteiger partial charge in [-0.05, 0) is 26.0 Å². The number of piperazine rings is 1. The van der Waals surface area contributed by atoms with Crippen LogP contribution in [0.1, 0.15) is 12.5 Å². The number of rotatable bonds is 3. The second kappa shape index (κ2) is 5.77. The van der Waals surface area contributed by atoms with Gasteiger partial charge in [0, 0.05) is 43.2 Å². The van der Waals surface area contributed by atoms with E-state index in [1.54, 1.807) is 6.07 Å². The van der Waals surface area contributed by atoms with Crippen LogP contribution in [0, 0.1) is 6.92 Å². The van der Waals surface area contributed by atoms with Crippen molar-refractivity contribution in [1.82, 2.24) is 5.32 Å². The molecule has 0 atom stereocenters. The zero-order valence-electron chi connectivity index (χ0n) is 12.4. The number of hydrogen-bond acceptors (Lipinski definition) is 5. The second-order valence-corrected chi connectivity index (χ2v) is 5.19. The van der Waals surface area contributed by atoms with Crippen molar-refractivity contribution in [3.05, 3.63) is 34.2 Å². The van der Waals surface area contributed by atoms with E-state index in [-0.39, 0.29) is 5.63 Å². The predicted octanol–water partition coefficient (Wildman–Crippen LogP) is 1.91. The molecular weight excluding hydrogens is 268 g/mol. The van der Waals surface area contributed by atoms with Crippen LogP contribution in [0.5, 0.6) is 5.75 Å². The summed E-state index contributed by atoms with van der Waals surface area (Å²) in [6, 6.07) is 5.52. The molecule has 1 N–H and O–H groups in total. The van der Waals surface area contributed by atoms with E-state index >= 15 is 0 Å². The van der Waals surface area contributed by atoms with Crippen LogP contribution in [0.4, 0.5) is 5.69 Å². The first kappa shape index (κ1) is 13.9. The number of benzene rings is 1. The number of hydrogen-bond donors (Lipinski definition) is 1. The molecule has 3 rings (SSSR count). The molecule has 1 aliphatic rings. The van der Waals surface area contributed by atoms with Crippen LogP contribution in [-0.2, 0) is 0 Å². The lowest BCUT2D eigenvalue weighted by Crippen LogP contribution is -2.43.